The highest BCUT2D eigenvalue weighted by atomic mass is 16.6. The molecule has 0 atom stereocenters. The van der Waals surface area contributed by atoms with E-state index in [4.69, 9.17) is 4.84 Å². The van der Waals surface area contributed by atoms with E-state index in [2.05, 4.69) is 37.3 Å². The Morgan fingerprint density at radius 3 is 3.04 bits per heavy atom. The number of nitrogens with zero attached hydrogens (tertiary/aromatic N) is 1. The van der Waals surface area contributed by atoms with E-state index in [0.29, 0.717) is 24.5 Å². The van der Waals surface area contributed by atoms with Gasteiger partial charge >= 0.3 is 0 Å². The van der Waals surface area contributed by atoms with Crippen LogP contribution < -0.4 is 16.4 Å². The summed E-state index contributed by atoms with van der Waals surface area (Å²) in [5, 5.41) is 16.5. The minimum absolute atomic E-state index is 0.124. The van der Waals surface area contributed by atoms with Gasteiger partial charge in [-0.1, -0.05) is 0 Å². The molecule has 4 rings (SSSR count). The average Bonchev–Trinajstić information content (AvgIpc) is 3.20. The van der Waals surface area contributed by atoms with Crippen molar-refractivity contribution in [2.45, 2.75) is 18.8 Å². The maximum atomic E-state index is 11.4. The summed E-state index contributed by atoms with van der Waals surface area (Å²) in [6, 6.07) is 7.42. The van der Waals surface area contributed by atoms with Crippen LogP contribution in [-0.4, -0.2) is 33.5 Å². The van der Waals surface area contributed by atoms with E-state index in [1.165, 1.54) is 18.5 Å². The van der Waals surface area contributed by atoms with Crippen molar-refractivity contribution in [3.63, 3.8) is 0 Å². The summed E-state index contributed by atoms with van der Waals surface area (Å²) >= 11 is 0. The lowest BCUT2D eigenvalue weighted by Crippen LogP contribution is -2.12. The lowest BCUT2D eigenvalue weighted by Gasteiger charge is -2.07. The molecule has 1 aliphatic rings. The quantitative estimate of drug-likeness (QED) is 0.338. The van der Waals surface area contributed by atoms with Crippen molar-refractivity contribution in [3.05, 3.63) is 40.3 Å². The molecule has 5 N–H and O–H groups in total. The number of anilines is 2. The first-order valence-corrected chi connectivity index (χ1v) is 7.67. The molecule has 3 aromatic rings. The average molecular weight is 314 g/mol. The number of hydrogen-bond acceptors (Lipinski definition) is 5. The maximum absolute atomic E-state index is 11.4. The standard InChI is InChI=1S/C15H18N6O2/c22-15-11-4-3-10(7-13(11)18-20-15)21-23-6-5-16-14-8-12(17-19-14)9-1-2-9/h3-4,7-9,21H,1-2,5-6H2,(H2,16,17,19)(H2,18,20,22). The lowest BCUT2D eigenvalue weighted by molar-refractivity contribution is 0.205. The van der Waals surface area contributed by atoms with Gasteiger partial charge < -0.3 is 5.32 Å². The second kappa shape index (κ2) is 5.81. The van der Waals surface area contributed by atoms with E-state index in [0.717, 1.165) is 17.0 Å². The predicted octanol–water partition coefficient (Wildman–Crippen LogP) is 1.91. The van der Waals surface area contributed by atoms with Crippen molar-refractivity contribution in [2.75, 3.05) is 23.9 Å². The first kappa shape index (κ1) is 13.9. The molecule has 8 nitrogen and oxygen atoms in total. The van der Waals surface area contributed by atoms with E-state index in [1.807, 2.05) is 6.07 Å². The minimum atomic E-state index is -0.124. The van der Waals surface area contributed by atoms with Crippen molar-refractivity contribution < 1.29 is 4.84 Å². The molecule has 120 valence electrons. The predicted molar refractivity (Wildman–Crippen MR) is 87.5 cm³/mol. The fourth-order valence-corrected chi connectivity index (χ4v) is 2.50. The number of rotatable bonds is 7. The molecule has 0 unspecified atom stereocenters. The van der Waals surface area contributed by atoms with Gasteiger partial charge in [0.2, 0.25) is 0 Å². The molecule has 0 spiro atoms. The molecule has 2 aromatic heterocycles. The highest BCUT2D eigenvalue weighted by molar-refractivity contribution is 5.81. The Labute approximate surface area is 131 Å². The number of benzene rings is 1. The number of aromatic amines is 3. The third kappa shape index (κ3) is 3.07. The third-order valence-corrected chi connectivity index (χ3v) is 3.89. The van der Waals surface area contributed by atoms with Crippen LogP contribution in [0.3, 0.4) is 0 Å². The van der Waals surface area contributed by atoms with Crippen LogP contribution in [-0.2, 0) is 4.84 Å². The molecule has 23 heavy (non-hydrogen) atoms. The number of hydrogen-bond donors (Lipinski definition) is 5. The van der Waals surface area contributed by atoms with Crippen molar-refractivity contribution in [2.24, 2.45) is 0 Å². The summed E-state index contributed by atoms with van der Waals surface area (Å²) < 4.78 is 0. The van der Waals surface area contributed by atoms with E-state index >= 15 is 0 Å². The van der Waals surface area contributed by atoms with Crippen molar-refractivity contribution in [1.82, 2.24) is 20.4 Å². The van der Waals surface area contributed by atoms with Crippen LogP contribution in [0.1, 0.15) is 24.5 Å². The number of nitrogens with one attached hydrogen (secondary N) is 5. The second-order valence-corrected chi connectivity index (χ2v) is 5.70. The van der Waals surface area contributed by atoms with Crippen LogP contribution in [0.5, 0.6) is 0 Å². The molecule has 0 saturated heterocycles. The van der Waals surface area contributed by atoms with Crippen LogP contribution in [0.15, 0.2) is 29.1 Å². The largest absolute Gasteiger partial charge is 0.366 e. The Balaban J connectivity index is 1.23. The van der Waals surface area contributed by atoms with Gasteiger partial charge in [0.15, 0.2) is 0 Å². The molecule has 8 heteroatoms. The van der Waals surface area contributed by atoms with Crippen LogP contribution in [0.25, 0.3) is 10.9 Å². The van der Waals surface area contributed by atoms with Crippen LogP contribution in [0.4, 0.5) is 11.5 Å². The molecule has 0 aliphatic heterocycles. The molecule has 0 bridgehead atoms. The lowest BCUT2D eigenvalue weighted by atomic mass is 10.2. The SMILES string of the molecule is O=c1[nH][nH]c2cc(NOCCNc3cc(C4CC4)[nH]n3)ccc12. The van der Waals surface area contributed by atoms with Gasteiger partial charge in [0.1, 0.15) is 5.82 Å². The van der Waals surface area contributed by atoms with Crippen LogP contribution >= 0.6 is 0 Å². The molecule has 2 heterocycles. The molecule has 1 aliphatic carbocycles. The van der Waals surface area contributed by atoms with Gasteiger partial charge in [-0.05, 0) is 31.0 Å². The zero-order chi connectivity index (χ0) is 15.6. The van der Waals surface area contributed by atoms with Gasteiger partial charge in [-0.2, -0.15) is 5.10 Å². The third-order valence-electron chi connectivity index (χ3n) is 3.89. The van der Waals surface area contributed by atoms with E-state index < -0.39 is 0 Å². The Bertz CT molecular complexity index is 860. The van der Waals surface area contributed by atoms with E-state index in [-0.39, 0.29) is 5.56 Å². The van der Waals surface area contributed by atoms with Crippen molar-refractivity contribution in [3.8, 4) is 0 Å². The molecule has 0 radical (unpaired) electrons. The minimum Gasteiger partial charge on any atom is -0.366 e. The Kier molecular flexibility index (Phi) is 3.51. The topological polar surface area (TPSA) is 111 Å². The van der Waals surface area contributed by atoms with Gasteiger partial charge in [-0.25, -0.2) is 0 Å². The van der Waals surface area contributed by atoms with Gasteiger partial charge in [0, 0.05) is 24.2 Å². The zero-order valence-electron chi connectivity index (χ0n) is 12.5. The van der Waals surface area contributed by atoms with Gasteiger partial charge in [-0.15, -0.1) is 0 Å². The molecule has 1 saturated carbocycles. The highest BCUT2D eigenvalue weighted by Crippen LogP contribution is 2.39. The summed E-state index contributed by atoms with van der Waals surface area (Å²) in [5.41, 5.74) is 5.47. The van der Waals surface area contributed by atoms with Crippen molar-refractivity contribution >= 4 is 22.4 Å². The summed E-state index contributed by atoms with van der Waals surface area (Å²) in [6.07, 6.45) is 2.51. The van der Waals surface area contributed by atoms with Crippen molar-refractivity contribution in [1.29, 1.82) is 0 Å². The number of fused-ring (bicyclic) bond motifs is 1. The van der Waals surface area contributed by atoms with Crippen LogP contribution in [0.2, 0.25) is 0 Å². The second-order valence-electron chi connectivity index (χ2n) is 5.70. The summed E-state index contributed by atoms with van der Waals surface area (Å²) in [6.45, 7) is 1.12. The smallest absolute Gasteiger partial charge is 0.271 e. The van der Waals surface area contributed by atoms with Gasteiger partial charge in [0.25, 0.3) is 5.56 Å². The van der Waals surface area contributed by atoms with E-state index in [1.54, 1.807) is 12.1 Å². The number of aromatic nitrogens is 4. The monoisotopic (exact) mass is 314 g/mol. The van der Waals surface area contributed by atoms with Gasteiger partial charge in [0.05, 0.1) is 23.2 Å². The first-order valence-electron chi connectivity index (χ1n) is 7.67. The summed E-state index contributed by atoms with van der Waals surface area (Å²) in [7, 11) is 0. The highest BCUT2D eigenvalue weighted by Gasteiger charge is 2.25. The molecular weight excluding hydrogens is 296 g/mol. The first-order chi connectivity index (χ1) is 11.3. The normalized spacial score (nSPS) is 14.3. The fourth-order valence-electron chi connectivity index (χ4n) is 2.50. The summed E-state index contributed by atoms with van der Waals surface area (Å²) in [4.78, 5) is 16.8. The van der Waals surface area contributed by atoms with E-state index in [9.17, 15) is 4.79 Å². The Hall–Kier alpha value is -2.74. The summed E-state index contributed by atoms with van der Waals surface area (Å²) in [5.74, 6) is 1.52. The van der Waals surface area contributed by atoms with Crippen LogP contribution in [0, 0.1) is 0 Å². The van der Waals surface area contributed by atoms with Gasteiger partial charge in [-0.3, -0.25) is 30.4 Å². The zero-order valence-corrected chi connectivity index (χ0v) is 12.5. The maximum Gasteiger partial charge on any atom is 0.271 e. The molecular formula is C15H18N6O2. The molecule has 1 fully saturated rings. The fraction of sp³-hybridized carbons (Fsp3) is 0.333. The Morgan fingerprint density at radius 1 is 1.26 bits per heavy atom. The molecule has 0 amide bonds. The molecule has 1 aromatic carbocycles. The Morgan fingerprint density at radius 2 is 2.17 bits per heavy atom. The number of H-pyrrole nitrogens is 3.